The van der Waals surface area contributed by atoms with Crippen molar-refractivity contribution in [2.24, 2.45) is 0 Å². The first kappa shape index (κ1) is 17.2. The molecule has 2 rings (SSSR count). The van der Waals surface area contributed by atoms with Gasteiger partial charge in [-0.15, -0.1) is 11.8 Å². The molecule has 0 radical (unpaired) electrons. The summed E-state index contributed by atoms with van der Waals surface area (Å²) in [5.41, 5.74) is -0.446. The Labute approximate surface area is 134 Å². The van der Waals surface area contributed by atoms with Crippen molar-refractivity contribution >= 4 is 27.7 Å². The fourth-order valence-electron chi connectivity index (χ4n) is 2.09. The zero-order valence-corrected chi connectivity index (χ0v) is 14.3. The van der Waals surface area contributed by atoms with E-state index in [1.54, 1.807) is 0 Å². The lowest BCUT2D eigenvalue weighted by Crippen LogP contribution is -2.52. The zero-order valence-electron chi connectivity index (χ0n) is 12.7. The van der Waals surface area contributed by atoms with Gasteiger partial charge in [0, 0.05) is 11.3 Å². The minimum absolute atomic E-state index is 0.136. The molecule has 0 spiro atoms. The molecule has 1 saturated heterocycles. The number of nitrogens with zero attached hydrogens (tertiary/aromatic N) is 1. The molecule has 0 bridgehead atoms. The highest BCUT2D eigenvalue weighted by Gasteiger charge is 2.40. The van der Waals surface area contributed by atoms with E-state index in [1.807, 2.05) is 20.8 Å². The average Bonchev–Trinajstić information content (AvgIpc) is 2.86. The topological polar surface area (TPSA) is 66.5 Å². The van der Waals surface area contributed by atoms with Crippen LogP contribution in [0.2, 0.25) is 0 Å². The van der Waals surface area contributed by atoms with Gasteiger partial charge in [0.1, 0.15) is 11.9 Å². The molecule has 1 fully saturated rings. The van der Waals surface area contributed by atoms with Gasteiger partial charge in [0.25, 0.3) is 0 Å². The third-order valence-corrected chi connectivity index (χ3v) is 6.07. The Morgan fingerprint density at radius 1 is 1.41 bits per heavy atom. The monoisotopic (exact) mass is 346 g/mol. The van der Waals surface area contributed by atoms with Crippen molar-refractivity contribution in [1.29, 1.82) is 0 Å². The molecular formula is C14H19FN2O3S2. The van der Waals surface area contributed by atoms with Crippen LogP contribution in [0.3, 0.4) is 0 Å². The highest BCUT2D eigenvalue weighted by atomic mass is 32.2. The highest BCUT2D eigenvalue weighted by Crippen LogP contribution is 2.29. The molecule has 1 heterocycles. The number of rotatable bonds is 3. The Balaban J connectivity index is 2.28. The Kier molecular flexibility index (Phi) is 4.84. The fraction of sp³-hybridized carbons (Fsp3) is 0.500. The number of hydrogen-bond donors (Lipinski definition) is 1. The van der Waals surface area contributed by atoms with Crippen molar-refractivity contribution in [1.82, 2.24) is 9.62 Å². The maximum absolute atomic E-state index is 13.3. The Morgan fingerprint density at radius 3 is 2.68 bits per heavy atom. The van der Waals surface area contributed by atoms with E-state index < -0.39 is 27.4 Å². The van der Waals surface area contributed by atoms with E-state index in [0.717, 1.165) is 10.4 Å². The molecule has 0 aromatic heterocycles. The molecule has 5 nitrogen and oxygen atoms in total. The summed E-state index contributed by atoms with van der Waals surface area (Å²) >= 11 is 1.36. The molecule has 1 aromatic carbocycles. The highest BCUT2D eigenvalue weighted by molar-refractivity contribution is 8.00. The van der Waals surface area contributed by atoms with E-state index in [-0.39, 0.29) is 16.7 Å². The van der Waals surface area contributed by atoms with Crippen molar-refractivity contribution in [2.45, 2.75) is 37.2 Å². The second-order valence-corrected chi connectivity index (χ2v) is 8.99. The van der Waals surface area contributed by atoms with E-state index in [9.17, 15) is 17.6 Å². The number of benzene rings is 1. The predicted molar refractivity (Wildman–Crippen MR) is 84.4 cm³/mol. The number of nitrogens with one attached hydrogen (secondary N) is 1. The normalized spacial score (nSPS) is 20.1. The van der Waals surface area contributed by atoms with Crippen LogP contribution in [0.1, 0.15) is 20.8 Å². The van der Waals surface area contributed by atoms with Crippen LogP contribution in [0, 0.1) is 5.82 Å². The van der Waals surface area contributed by atoms with Gasteiger partial charge in [-0.05, 0) is 39.0 Å². The van der Waals surface area contributed by atoms with Gasteiger partial charge in [0.05, 0.1) is 10.8 Å². The first-order valence-corrected chi connectivity index (χ1v) is 9.38. The van der Waals surface area contributed by atoms with Crippen molar-refractivity contribution in [2.75, 3.05) is 11.6 Å². The van der Waals surface area contributed by atoms with Gasteiger partial charge in [-0.2, -0.15) is 4.31 Å². The van der Waals surface area contributed by atoms with E-state index in [4.69, 9.17) is 0 Å². The Morgan fingerprint density at radius 2 is 2.09 bits per heavy atom. The van der Waals surface area contributed by atoms with Gasteiger partial charge in [-0.1, -0.05) is 6.07 Å². The molecule has 1 aliphatic heterocycles. The van der Waals surface area contributed by atoms with Crippen LogP contribution in [0.5, 0.6) is 0 Å². The second-order valence-electron chi connectivity index (χ2n) is 6.10. The lowest BCUT2D eigenvalue weighted by Gasteiger charge is -2.27. The number of amides is 1. The molecule has 1 amide bonds. The van der Waals surface area contributed by atoms with Gasteiger partial charge in [-0.25, -0.2) is 12.8 Å². The van der Waals surface area contributed by atoms with Crippen molar-refractivity contribution in [3.63, 3.8) is 0 Å². The summed E-state index contributed by atoms with van der Waals surface area (Å²) in [6.45, 7) is 5.50. The Hall–Kier alpha value is -1.12. The lowest BCUT2D eigenvalue weighted by molar-refractivity contribution is -0.125. The number of sulfonamides is 1. The van der Waals surface area contributed by atoms with E-state index >= 15 is 0 Å². The predicted octanol–water partition coefficient (Wildman–Crippen LogP) is 1.80. The molecule has 0 unspecified atom stereocenters. The van der Waals surface area contributed by atoms with E-state index in [1.165, 1.54) is 30.0 Å². The maximum atomic E-state index is 13.3. The van der Waals surface area contributed by atoms with Crippen molar-refractivity contribution in [3.8, 4) is 0 Å². The number of carbonyl (C=O) groups excluding carboxylic acids is 1. The van der Waals surface area contributed by atoms with Crippen molar-refractivity contribution in [3.05, 3.63) is 30.1 Å². The van der Waals surface area contributed by atoms with Crippen LogP contribution in [0.15, 0.2) is 29.2 Å². The van der Waals surface area contributed by atoms with E-state index in [2.05, 4.69) is 5.32 Å². The molecule has 122 valence electrons. The largest absolute Gasteiger partial charge is 0.350 e. The summed E-state index contributed by atoms with van der Waals surface area (Å²) in [4.78, 5) is 12.2. The second kappa shape index (κ2) is 6.17. The van der Waals surface area contributed by atoms with Crippen LogP contribution < -0.4 is 5.32 Å². The minimum Gasteiger partial charge on any atom is -0.350 e. The Bertz CT molecular complexity index is 671. The quantitative estimate of drug-likeness (QED) is 0.906. The summed E-state index contributed by atoms with van der Waals surface area (Å²) in [6.07, 6.45) is 0. The van der Waals surface area contributed by atoms with Gasteiger partial charge in [-0.3, -0.25) is 4.79 Å². The first-order valence-electron chi connectivity index (χ1n) is 6.78. The molecular weight excluding hydrogens is 327 g/mol. The minimum atomic E-state index is -3.90. The zero-order chi connectivity index (χ0) is 16.5. The molecule has 0 aliphatic carbocycles. The summed E-state index contributed by atoms with van der Waals surface area (Å²) in [6, 6.07) is 4.05. The molecule has 0 saturated carbocycles. The van der Waals surface area contributed by atoms with Gasteiger partial charge < -0.3 is 5.32 Å². The molecule has 1 aromatic rings. The SMILES string of the molecule is CC(C)(C)NC(=O)[C@@H]1CSCN1S(=O)(=O)c1cccc(F)c1. The maximum Gasteiger partial charge on any atom is 0.244 e. The average molecular weight is 346 g/mol. The number of halogens is 1. The van der Waals surface area contributed by atoms with Crippen molar-refractivity contribution < 1.29 is 17.6 Å². The van der Waals surface area contributed by atoms with Crippen LogP contribution in [0.4, 0.5) is 4.39 Å². The van der Waals surface area contributed by atoms with Crippen LogP contribution >= 0.6 is 11.8 Å². The smallest absolute Gasteiger partial charge is 0.244 e. The molecule has 8 heteroatoms. The standard InChI is InChI=1S/C14H19FN2O3S2/c1-14(2,3)16-13(18)12-8-21-9-17(12)22(19,20)11-6-4-5-10(15)7-11/h4-7,12H,8-9H2,1-3H3,(H,16,18)/t12-/m0/s1. The van der Waals surface area contributed by atoms with E-state index in [0.29, 0.717) is 5.75 Å². The van der Waals surface area contributed by atoms with Crippen LogP contribution in [0.25, 0.3) is 0 Å². The van der Waals surface area contributed by atoms with Gasteiger partial charge >= 0.3 is 0 Å². The summed E-state index contributed by atoms with van der Waals surface area (Å²) in [5, 5.41) is 2.79. The van der Waals surface area contributed by atoms with Crippen LogP contribution in [-0.2, 0) is 14.8 Å². The molecule has 1 aliphatic rings. The number of carbonyl (C=O) groups is 1. The van der Waals surface area contributed by atoms with Gasteiger partial charge in [0.2, 0.25) is 15.9 Å². The summed E-state index contributed by atoms with van der Waals surface area (Å²) in [7, 11) is -3.90. The fourth-order valence-corrected chi connectivity index (χ4v) is 5.27. The third-order valence-electron chi connectivity index (χ3n) is 3.05. The summed E-state index contributed by atoms with van der Waals surface area (Å²) < 4.78 is 39.7. The molecule has 1 N–H and O–H groups in total. The third kappa shape index (κ3) is 3.80. The summed E-state index contributed by atoms with van der Waals surface area (Å²) in [5.74, 6) is -0.390. The molecule has 1 atom stereocenters. The molecule has 22 heavy (non-hydrogen) atoms. The van der Waals surface area contributed by atoms with Crippen LogP contribution in [-0.4, -0.2) is 41.8 Å². The first-order chi connectivity index (χ1) is 10.1. The number of thioether (sulfide) groups is 1. The van der Waals surface area contributed by atoms with Gasteiger partial charge in [0.15, 0.2) is 0 Å². The lowest BCUT2D eigenvalue weighted by atomic mass is 10.1. The number of hydrogen-bond acceptors (Lipinski definition) is 4.